The summed E-state index contributed by atoms with van der Waals surface area (Å²) in [6.45, 7) is 3.66. The van der Waals surface area contributed by atoms with E-state index in [9.17, 15) is 35.6 Å². The van der Waals surface area contributed by atoms with Gasteiger partial charge in [0.05, 0.1) is 36.5 Å². The van der Waals surface area contributed by atoms with E-state index < -0.39 is 44.2 Å². The average molecular weight is 641 g/mol. The SMILES string of the molecule is CCOC(=O)c1ccc(-c2cc(OC)ccc2F)c(Cl)c1.CCOC(=O)c1ccc(OS(=O)(=O)C(F)(F)F)c(Cl)c1. The number of halogens is 6. The van der Waals surface area contributed by atoms with Gasteiger partial charge in [0.15, 0.2) is 5.75 Å². The molecule has 0 heterocycles. The molecule has 0 atom stereocenters. The number of hydrogen-bond donors (Lipinski definition) is 0. The summed E-state index contributed by atoms with van der Waals surface area (Å²) < 4.78 is 90.4. The minimum atomic E-state index is -5.82. The Kier molecular flexibility index (Phi) is 11.8. The Morgan fingerprint density at radius 3 is 1.80 bits per heavy atom. The van der Waals surface area contributed by atoms with E-state index in [2.05, 4.69) is 8.92 Å². The summed E-state index contributed by atoms with van der Waals surface area (Å²) in [5, 5.41) is -0.198. The number of carbonyl (C=O) groups is 2. The fourth-order valence-electron chi connectivity index (χ4n) is 2.99. The summed E-state index contributed by atoms with van der Waals surface area (Å²) in [5.41, 5.74) is -4.49. The third-order valence-electron chi connectivity index (χ3n) is 4.87. The number of carbonyl (C=O) groups excluding carboxylic acids is 2. The second-order valence-electron chi connectivity index (χ2n) is 7.61. The number of benzene rings is 3. The summed E-state index contributed by atoms with van der Waals surface area (Å²) in [7, 11) is -4.31. The van der Waals surface area contributed by atoms with E-state index in [0.29, 0.717) is 22.4 Å². The molecule has 0 aliphatic carbocycles. The highest BCUT2D eigenvalue weighted by molar-refractivity contribution is 7.88. The number of methoxy groups -OCH3 is 1. The number of rotatable bonds is 8. The topological polar surface area (TPSA) is 105 Å². The molecule has 8 nitrogen and oxygen atoms in total. The number of hydrogen-bond acceptors (Lipinski definition) is 8. The molecule has 15 heteroatoms. The van der Waals surface area contributed by atoms with E-state index in [1.165, 1.54) is 25.3 Å². The van der Waals surface area contributed by atoms with Crippen molar-refractivity contribution in [3.8, 4) is 22.6 Å². The monoisotopic (exact) mass is 640 g/mol. The maximum Gasteiger partial charge on any atom is 0.534 e. The minimum absolute atomic E-state index is 0.0476. The molecule has 222 valence electrons. The van der Waals surface area contributed by atoms with Crippen molar-refractivity contribution in [2.75, 3.05) is 20.3 Å². The van der Waals surface area contributed by atoms with Gasteiger partial charge < -0.3 is 18.4 Å². The second-order valence-corrected chi connectivity index (χ2v) is 9.96. The third-order valence-corrected chi connectivity index (χ3v) is 6.44. The van der Waals surface area contributed by atoms with Crippen LogP contribution >= 0.6 is 23.2 Å². The molecule has 0 saturated heterocycles. The summed E-state index contributed by atoms with van der Waals surface area (Å²) in [5.74, 6) is -1.84. The van der Waals surface area contributed by atoms with Gasteiger partial charge in [0.1, 0.15) is 11.6 Å². The first kappa shape index (κ1) is 33.7. The van der Waals surface area contributed by atoms with Gasteiger partial charge in [-0.1, -0.05) is 29.3 Å². The quantitative estimate of drug-likeness (QED) is 0.111. The largest absolute Gasteiger partial charge is 0.534 e. The predicted molar refractivity (Wildman–Crippen MR) is 142 cm³/mol. The Morgan fingerprint density at radius 1 is 0.805 bits per heavy atom. The fourth-order valence-corrected chi connectivity index (χ4v) is 4.01. The van der Waals surface area contributed by atoms with Crippen LogP contribution in [0.3, 0.4) is 0 Å². The zero-order chi connectivity index (χ0) is 31.0. The lowest BCUT2D eigenvalue weighted by molar-refractivity contribution is -0.0500. The zero-order valence-electron chi connectivity index (χ0n) is 21.6. The fraction of sp³-hybridized carbons (Fsp3) is 0.231. The van der Waals surface area contributed by atoms with Crippen LogP contribution in [0, 0.1) is 5.82 Å². The van der Waals surface area contributed by atoms with Gasteiger partial charge in [0.2, 0.25) is 0 Å². The van der Waals surface area contributed by atoms with Crippen molar-refractivity contribution in [3.63, 3.8) is 0 Å². The van der Waals surface area contributed by atoms with E-state index in [4.69, 9.17) is 32.7 Å². The molecule has 41 heavy (non-hydrogen) atoms. The number of esters is 2. The smallest absolute Gasteiger partial charge is 0.497 e. The van der Waals surface area contributed by atoms with Crippen molar-refractivity contribution in [2.45, 2.75) is 19.4 Å². The molecule has 0 aliphatic rings. The predicted octanol–water partition coefficient (Wildman–Crippen LogP) is 7.08. The zero-order valence-corrected chi connectivity index (χ0v) is 23.9. The molecule has 0 bridgehead atoms. The standard InChI is InChI=1S/C16H14ClFO3.C10H8ClF3O5S/c1-3-21-16(19)10-4-6-12(14(17)8-10)13-9-11(20-2)5-7-15(13)18;1-2-18-9(15)6-3-4-8(7(11)5-6)19-20(16,17)10(12,13)14/h4-9H,3H2,1-2H3;3-5H,2H2,1H3. The minimum Gasteiger partial charge on any atom is -0.497 e. The van der Waals surface area contributed by atoms with Crippen molar-refractivity contribution in [1.29, 1.82) is 0 Å². The first-order valence-corrected chi connectivity index (χ1v) is 13.6. The van der Waals surface area contributed by atoms with Crippen molar-refractivity contribution < 1.29 is 54.0 Å². The van der Waals surface area contributed by atoms with Gasteiger partial charge in [-0.05, 0) is 62.4 Å². The Morgan fingerprint density at radius 2 is 1.34 bits per heavy atom. The van der Waals surface area contributed by atoms with Crippen molar-refractivity contribution in [2.24, 2.45) is 0 Å². The average Bonchev–Trinajstić information content (AvgIpc) is 2.90. The molecule has 0 aliphatic heterocycles. The molecule has 3 aromatic rings. The lowest BCUT2D eigenvalue weighted by Crippen LogP contribution is -2.28. The van der Waals surface area contributed by atoms with E-state index >= 15 is 0 Å². The van der Waals surface area contributed by atoms with E-state index in [0.717, 1.165) is 18.2 Å². The first-order chi connectivity index (χ1) is 19.1. The van der Waals surface area contributed by atoms with Gasteiger partial charge in [0, 0.05) is 16.1 Å². The Hall–Kier alpha value is -3.55. The van der Waals surface area contributed by atoms with E-state index in [-0.39, 0.29) is 23.8 Å². The molecular formula is C26H22Cl2F4O8S. The molecular weight excluding hydrogens is 619 g/mol. The van der Waals surface area contributed by atoms with Crippen molar-refractivity contribution in [1.82, 2.24) is 0 Å². The van der Waals surface area contributed by atoms with Crippen LogP contribution in [-0.4, -0.2) is 46.2 Å². The molecule has 0 fully saturated rings. The molecule has 0 spiro atoms. The number of alkyl halides is 3. The van der Waals surface area contributed by atoms with Gasteiger partial charge in [-0.15, -0.1) is 0 Å². The highest BCUT2D eigenvalue weighted by Crippen LogP contribution is 2.34. The summed E-state index contributed by atoms with van der Waals surface area (Å²) in [6, 6.07) is 11.8. The Labute approximate surface area is 242 Å². The van der Waals surface area contributed by atoms with E-state index in [1.54, 1.807) is 32.0 Å². The van der Waals surface area contributed by atoms with Crippen molar-refractivity contribution >= 4 is 45.3 Å². The van der Waals surface area contributed by atoms with Crippen LogP contribution < -0.4 is 8.92 Å². The second kappa shape index (κ2) is 14.4. The molecule has 0 unspecified atom stereocenters. The normalized spacial score (nSPS) is 11.1. The summed E-state index contributed by atoms with van der Waals surface area (Å²) in [4.78, 5) is 23.0. The molecule has 3 aromatic carbocycles. The van der Waals surface area contributed by atoms with Gasteiger partial charge in [-0.3, -0.25) is 0 Å². The highest BCUT2D eigenvalue weighted by atomic mass is 35.5. The molecule has 0 amide bonds. The van der Waals surface area contributed by atoms with Crippen molar-refractivity contribution in [3.05, 3.63) is 81.6 Å². The lowest BCUT2D eigenvalue weighted by Gasteiger charge is -2.11. The summed E-state index contributed by atoms with van der Waals surface area (Å²) in [6.07, 6.45) is 0. The Balaban J connectivity index is 0.000000287. The molecule has 0 N–H and O–H groups in total. The van der Waals surface area contributed by atoms with Crippen LogP contribution in [0.25, 0.3) is 11.1 Å². The van der Waals surface area contributed by atoms with Gasteiger partial charge in [0.25, 0.3) is 0 Å². The van der Waals surface area contributed by atoms with Crippen LogP contribution in [0.4, 0.5) is 17.6 Å². The summed E-state index contributed by atoms with van der Waals surface area (Å²) >= 11 is 11.7. The maximum atomic E-state index is 13.9. The third kappa shape index (κ3) is 8.97. The van der Waals surface area contributed by atoms with Crippen LogP contribution in [-0.2, 0) is 19.6 Å². The molecule has 3 rings (SSSR count). The van der Waals surface area contributed by atoms with Crippen LogP contribution in [0.2, 0.25) is 10.0 Å². The van der Waals surface area contributed by atoms with E-state index in [1.807, 2.05) is 0 Å². The molecule has 0 radical (unpaired) electrons. The van der Waals surface area contributed by atoms with Crippen LogP contribution in [0.1, 0.15) is 34.6 Å². The molecule has 0 saturated carbocycles. The maximum absolute atomic E-state index is 13.9. The highest BCUT2D eigenvalue weighted by Gasteiger charge is 2.48. The van der Waals surface area contributed by atoms with Gasteiger partial charge >= 0.3 is 27.6 Å². The van der Waals surface area contributed by atoms with Crippen LogP contribution in [0.15, 0.2) is 54.6 Å². The van der Waals surface area contributed by atoms with Gasteiger partial charge in [-0.25, -0.2) is 14.0 Å². The lowest BCUT2D eigenvalue weighted by atomic mass is 10.0. The first-order valence-electron chi connectivity index (χ1n) is 11.4. The van der Waals surface area contributed by atoms with Crippen LogP contribution in [0.5, 0.6) is 11.5 Å². The Bertz CT molecular complexity index is 1510. The molecule has 0 aromatic heterocycles. The number of ether oxygens (including phenoxy) is 3. The van der Waals surface area contributed by atoms with Gasteiger partial charge in [-0.2, -0.15) is 21.6 Å².